The van der Waals surface area contributed by atoms with Crippen LogP contribution in [0.4, 0.5) is 0 Å². The minimum absolute atomic E-state index is 0. The minimum atomic E-state index is -0.00988. The standard InChI is InChI=1S/C33H30NO2.C13H24O2.Ir/c1-20(2)14-24-19-36-31-17-22(10-11-26(24)31)27-18-30(34-29-12-13-35-32(27)29)23-15-21-8-6-7-9-25(21)28(16-23)33(3,4)5;1-5-10(6-2)12(14)9-13(15)11(7-3)8-4;/h6-13,16-20H,14H2,1-5H3;9-11,14H,5-8H2,1-4H3;/q-1;;/b;12-9-;. The van der Waals surface area contributed by atoms with E-state index >= 15 is 0 Å². The van der Waals surface area contributed by atoms with Gasteiger partial charge in [-0.05, 0) is 60.6 Å². The van der Waals surface area contributed by atoms with Crippen LogP contribution in [0.2, 0.25) is 0 Å². The molecule has 52 heavy (non-hydrogen) atoms. The SMILES string of the molecule is CC(C)Cc1coc2cc(-c3cc(-c4[c-]c5ccccc5c(C(C)(C)C)c4)nc4ccoc34)ccc12.CCC(CC)C(=O)/C=C(\O)C(CC)CC.[Ir]. The summed E-state index contributed by atoms with van der Waals surface area (Å²) in [5, 5.41) is 13.3. The van der Waals surface area contributed by atoms with Crippen molar-refractivity contribution in [3.8, 4) is 22.4 Å². The van der Waals surface area contributed by atoms with Gasteiger partial charge in [0.25, 0.3) is 0 Å². The van der Waals surface area contributed by atoms with Gasteiger partial charge in [-0.15, -0.1) is 29.1 Å². The van der Waals surface area contributed by atoms with Crippen LogP contribution in [-0.4, -0.2) is 15.9 Å². The fraction of sp³-hybridized carbons (Fsp3) is 0.391. The van der Waals surface area contributed by atoms with Crippen molar-refractivity contribution in [3.63, 3.8) is 0 Å². The van der Waals surface area contributed by atoms with Gasteiger partial charge in [0.2, 0.25) is 0 Å². The maximum Gasteiger partial charge on any atom is 0.162 e. The van der Waals surface area contributed by atoms with E-state index in [1.54, 1.807) is 6.26 Å². The molecule has 1 N–H and O–H groups in total. The van der Waals surface area contributed by atoms with Crippen LogP contribution >= 0.6 is 0 Å². The number of fused-ring (bicyclic) bond motifs is 3. The molecule has 6 heteroatoms. The van der Waals surface area contributed by atoms with E-state index in [9.17, 15) is 9.90 Å². The Hall–Kier alpha value is -3.99. The summed E-state index contributed by atoms with van der Waals surface area (Å²) < 4.78 is 11.9. The summed E-state index contributed by atoms with van der Waals surface area (Å²) in [6.07, 6.45) is 9.51. The second-order valence-corrected chi connectivity index (χ2v) is 15.2. The summed E-state index contributed by atoms with van der Waals surface area (Å²) in [4.78, 5) is 16.7. The van der Waals surface area contributed by atoms with E-state index in [1.807, 2.05) is 40.0 Å². The predicted molar refractivity (Wildman–Crippen MR) is 212 cm³/mol. The number of furan rings is 2. The number of carbonyl (C=O) groups excluding carboxylic acids is 1. The normalized spacial score (nSPS) is 12.2. The van der Waals surface area contributed by atoms with Crippen LogP contribution in [0.5, 0.6) is 0 Å². The van der Waals surface area contributed by atoms with Gasteiger partial charge in [0, 0.05) is 60.7 Å². The molecule has 0 aliphatic carbocycles. The summed E-state index contributed by atoms with van der Waals surface area (Å²) in [7, 11) is 0. The fourth-order valence-electron chi connectivity index (χ4n) is 6.93. The molecule has 6 aromatic rings. The number of carbonyl (C=O) groups is 1. The van der Waals surface area contributed by atoms with E-state index in [0.29, 0.717) is 5.92 Å². The third-order valence-electron chi connectivity index (χ3n) is 9.95. The number of aromatic nitrogens is 1. The third-order valence-corrected chi connectivity index (χ3v) is 9.95. The second-order valence-electron chi connectivity index (χ2n) is 15.2. The van der Waals surface area contributed by atoms with Crippen LogP contribution in [0.15, 0.2) is 93.9 Å². The topological polar surface area (TPSA) is 76.5 Å². The van der Waals surface area contributed by atoms with Gasteiger partial charge in [0.1, 0.15) is 11.1 Å². The number of hydrogen-bond donors (Lipinski definition) is 1. The predicted octanol–water partition coefficient (Wildman–Crippen LogP) is 13.2. The molecular formula is C46H54IrNO4-. The Balaban J connectivity index is 0.000000323. The van der Waals surface area contributed by atoms with Crippen LogP contribution in [0.3, 0.4) is 0 Å². The number of benzene rings is 3. The Morgan fingerprint density at radius 2 is 1.58 bits per heavy atom. The van der Waals surface area contributed by atoms with Crippen LogP contribution in [0.1, 0.15) is 99.1 Å². The van der Waals surface area contributed by atoms with Crippen molar-refractivity contribution in [2.24, 2.45) is 17.8 Å². The number of nitrogens with zero attached hydrogens (tertiary/aromatic N) is 1. The molecule has 0 saturated heterocycles. The molecule has 0 amide bonds. The molecule has 1 radical (unpaired) electrons. The molecule has 0 fully saturated rings. The Labute approximate surface area is 323 Å². The monoisotopic (exact) mass is 877 g/mol. The number of aliphatic hydroxyl groups is 1. The van der Waals surface area contributed by atoms with Crippen molar-refractivity contribution in [3.05, 3.63) is 102 Å². The van der Waals surface area contributed by atoms with Crippen LogP contribution < -0.4 is 0 Å². The molecule has 5 nitrogen and oxygen atoms in total. The van der Waals surface area contributed by atoms with Crippen LogP contribution in [0.25, 0.3) is 55.2 Å². The van der Waals surface area contributed by atoms with E-state index in [1.165, 1.54) is 28.0 Å². The van der Waals surface area contributed by atoms with Crippen molar-refractivity contribution in [2.45, 2.75) is 99.8 Å². The van der Waals surface area contributed by atoms with E-state index < -0.39 is 0 Å². The van der Waals surface area contributed by atoms with Gasteiger partial charge >= 0.3 is 0 Å². The van der Waals surface area contributed by atoms with E-state index in [0.717, 1.165) is 76.6 Å². The Morgan fingerprint density at radius 1 is 0.885 bits per heavy atom. The molecule has 3 aromatic carbocycles. The molecule has 277 valence electrons. The molecule has 0 atom stereocenters. The first-order valence-electron chi connectivity index (χ1n) is 18.7. The van der Waals surface area contributed by atoms with Crippen molar-refractivity contribution in [1.29, 1.82) is 0 Å². The smallest absolute Gasteiger partial charge is 0.162 e. The molecule has 3 heterocycles. The van der Waals surface area contributed by atoms with Crippen molar-refractivity contribution < 1.29 is 38.8 Å². The number of pyridine rings is 1. The molecule has 0 aliphatic rings. The first-order valence-corrected chi connectivity index (χ1v) is 18.7. The first kappa shape index (κ1) is 40.8. The Morgan fingerprint density at radius 3 is 2.23 bits per heavy atom. The molecule has 0 spiro atoms. The molecule has 0 bridgehead atoms. The molecule has 0 aliphatic heterocycles. The third kappa shape index (κ3) is 9.14. The van der Waals surface area contributed by atoms with Gasteiger partial charge in [-0.1, -0.05) is 110 Å². The molecular weight excluding hydrogens is 823 g/mol. The summed E-state index contributed by atoms with van der Waals surface area (Å²) >= 11 is 0. The summed E-state index contributed by atoms with van der Waals surface area (Å²) in [6.45, 7) is 19.3. The maximum absolute atomic E-state index is 11.7. The molecule has 3 aromatic heterocycles. The molecule has 0 saturated carbocycles. The fourth-order valence-corrected chi connectivity index (χ4v) is 6.93. The number of allylic oxidation sites excluding steroid dienone is 2. The van der Waals surface area contributed by atoms with Crippen LogP contribution in [-0.2, 0) is 36.7 Å². The first-order chi connectivity index (χ1) is 24.4. The van der Waals surface area contributed by atoms with Crippen molar-refractivity contribution in [2.75, 3.05) is 0 Å². The number of hydrogen-bond acceptors (Lipinski definition) is 5. The zero-order valence-corrected chi connectivity index (χ0v) is 34.6. The van der Waals surface area contributed by atoms with Gasteiger partial charge in [-0.25, -0.2) is 0 Å². The Bertz CT molecular complexity index is 2140. The average molecular weight is 877 g/mol. The zero-order chi connectivity index (χ0) is 36.9. The number of aliphatic hydroxyl groups excluding tert-OH is 1. The van der Waals surface area contributed by atoms with E-state index in [4.69, 9.17) is 13.8 Å². The van der Waals surface area contributed by atoms with Gasteiger partial charge in [-0.2, -0.15) is 0 Å². The second kappa shape index (κ2) is 17.7. The summed E-state index contributed by atoms with van der Waals surface area (Å²) in [5.41, 5.74) is 8.97. The zero-order valence-electron chi connectivity index (χ0n) is 32.2. The van der Waals surface area contributed by atoms with Crippen molar-refractivity contribution in [1.82, 2.24) is 4.98 Å². The average Bonchev–Trinajstić information content (AvgIpc) is 3.75. The van der Waals surface area contributed by atoms with Gasteiger partial charge in [0.15, 0.2) is 11.4 Å². The molecule has 0 unspecified atom stereocenters. The Kier molecular flexibility index (Phi) is 13.9. The van der Waals surface area contributed by atoms with Gasteiger partial charge in [0.05, 0.1) is 18.3 Å². The van der Waals surface area contributed by atoms with E-state index in [-0.39, 0.29) is 48.9 Å². The number of rotatable bonds is 11. The van der Waals surface area contributed by atoms with Crippen molar-refractivity contribution >= 4 is 38.6 Å². The van der Waals surface area contributed by atoms with Crippen LogP contribution in [0, 0.1) is 23.8 Å². The molecule has 6 rings (SSSR count). The van der Waals surface area contributed by atoms with Gasteiger partial charge < -0.3 is 13.9 Å². The quantitative estimate of drug-likeness (QED) is 0.0797. The largest absolute Gasteiger partial charge is 0.512 e. The minimum Gasteiger partial charge on any atom is -0.512 e. The maximum atomic E-state index is 11.7. The van der Waals surface area contributed by atoms with Gasteiger partial charge in [-0.3, -0.25) is 9.78 Å². The summed E-state index contributed by atoms with van der Waals surface area (Å²) in [5.74, 6) is 1.12. The summed E-state index contributed by atoms with van der Waals surface area (Å²) in [6, 6.07) is 24.8. The number of ketones is 1. The van der Waals surface area contributed by atoms with E-state index in [2.05, 4.69) is 95.3 Å².